The van der Waals surface area contributed by atoms with E-state index in [-0.39, 0.29) is 37.8 Å². The van der Waals surface area contributed by atoms with Crippen molar-refractivity contribution < 1.29 is 31.8 Å². The summed E-state index contributed by atoms with van der Waals surface area (Å²) in [5, 5.41) is 14.9. The summed E-state index contributed by atoms with van der Waals surface area (Å²) in [5.41, 5.74) is 0.550. The van der Waals surface area contributed by atoms with Crippen molar-refractivity contribution in [2.24, 2.45) is 0 Å². The number of nitrogens with zero attached hydrogens (tertiary/aromatic N) is 4. The van der Waals surface area contributed by atoms with E-state index in [0.29, 0.717) is 28.2 Å². The number of benzene rings is 1. The summed E-state index contributed by atoms with van der Waals surface area (Å²) in [6, 6.07) is 5.60. The molecule has 1 aromatic carbocycles. The van der Waals surface area contributed by atoms with Gasteiger partial charge in [0, 0.05) is 22.9 Å². The predicted octanol–water partition coefficient (Wildman–Crippen LogP) is 4.05. The van der Waals surface area contributed by atoms with Gasteiger partial charge in [0.15, 0.2) is 17.4 Å². The molecule has 2 aromatic heterocycles. The molecule has 0 aliphatic carbocycles. The zero-order valence-electron chi connectivity index (χ0n) is 18.0. The van der Waals surface area contributed by atoms with Gasteiger partial charge in [0.05, 0.1) is 26.2 Å². The fourth-order valence-corrected chi connectivity index (χ4v) is 4.65. The van der Waals surface area contributed by atoms with Crippen molar-refractivity contribution in [3.63, 3.8) is 0 Å². The molecule has 0 radical (unpaired) electrons. The molecule has 13 heteroatoms. The highest BCUT2D eigenvalue weighted by Gasteiger charge is 2.35. The molecular formula is C21H21F4N5O3S. The molecule has 0 fully saturated rings. The normalized spacial score (nSPS) is 16.6. The van der Waals surface area contributed by atoms with Crippen molar-refractivity contribution in [1.29, 1.82) is 0 Å². The highest BCUT2D eigenvalue weighted by molar-refractivity contribution is 7.12. The van der Waals surface area contributed by atoms with Crippen LogP contribution in [-0.4, -0.2) is 39.4 Å². The Hall–Kier alpha value is -3.06. The van der Waals surface area contributed by atoms with E-state index in [1.54, 1.807) is 19.1 Å². The Morgan fingerprint density at radius 3 is 2.91 bits per heavy atom. The first kappa shape index (κ1) is 24.1. The molecule has 4 rings (SSSR count). The fourth-order valence-electron chi connectivity index (χ4n) is 3.71. The number of carbonyl (C=O) groups excluding carboxylic acids is 1. The summed E-state index contributed by atoms with van der Waals surface area (Å²) < 4.78 is 65.9. The van der Waals surface area contributed by atoms with Crippen LogP contribution in [0.1, 0.15) is 53.0 Å². The third-order valence-corrected chi connectivity index (χ3v) is 6.43. The van der Waals surface area contributed by atoms with Crippen molar-refractivity contribution in [1.82, 2.24) is 25.5 Å². The first-order valence-corrected chi connectivity index (χ1v) is 11.4. The average Bonchev–Trinajstić information content (AvgIpc) is 3.47. The second kappa shape index (κ2) is 10.1. The number of fused-ring (bicyclic) bond motifs is 1. The third kappa shape index (κ3) is 5.20. The number of para-hydroxylation sites is 1. The Kier molecular flexibility index (Phi) is 7.12. The van der Waals surface area contributed by atoms with Crippen molar-refractivity contribution in [3.05, 3.63) is 57.3 Å². The van der Waals surface area contributed by atoms with E-state index in [1.807, 2.05) is 0 Å². The maximum absolute atomic E-state index is 14.3. The molecule has 2 atom stereocenters. The van der Waals surface area contributed by atoms with E-state index in [0.717, 1.165) is 6.07 Å². The van der Waals surface area contributed by atoms with Crippen LogP contribution in [0, 0.1) is 5.82 Å². The van der Waals surface area contributed by atoms with Gasteiger partial charge in [-0.1, -0.05) is 12.1 Å². The number of carbonyl (C=O) groups is 1. The molecule has 34 heavy (non-hydrogen) atoms. The molecule has 1 aliphatic heterocycles. The summed E-state index contributed by atoms with van der Waals surface area (Å²) in [5.74, 6) is -0.633. The van der Waals surface area contributed by atoms with Crippen LogP contribution in [0.15, 0.2) is 30.3 Å². The topological polar surface area (TPSA) is 91.2 Å². The Morgan fingerprint density at radius 1 is 1.35 bits per heavy atom. The van der Waals surface area contributed by atoms with E-state index in [9.17, 15) is 22.4 Å². The molecule has 0 saturated carbocycles. The van der Waals surface area contributed by atoms with Crippen LogP contribution < -0.4 is 10.1 Å². The van der Waals surface area contributed by atoms with Crippen molar-refractivity contribution in [3.8, 4) is 5.75 Å². The van der Waals surface area contributed by atoms with Gasteiger partial charge < -0.3 is 9.47 Å². The van der Waals surface area contributed by atoms with Crippen molar-refractivity contribution in [2.75, 3.05) is 13.2 Å². The van der Waals surface area contributed by atoms with E-state index in [4.69, 9.17) is 9.47 Å². The van der Waals surface area contributed by atoms with Gasteiger partial charge >= 0.3 is 12.1 Å². The number of hydrogen-bond acceptors (Lipinski definition) is 8. The molecule has 182 valence electrons. The van der Waals surface area contributed by atoms with Gasteiger partial charge in [-0.25, -0.2) is 9.07 Å². The highest BCUT2D eigenvalue weighted by Crippen LogP contribution is 2.40. The monoisotopic (exact) mass is 499 g/mol. The average molecular weight is 499 g/mol. The standard InChI is InChI=1S/C21H21F4N5O3S/c1-2-32-17(31)8-10-30-20(27-28-29-30)18(15-6-7-16(34-15)21(23,24)25)26-14-9-11-33-19-12(14)4-3-5-13(19)22/h3-7,14,18,26H,2,8-11H2,1H3/t14-,18?/m1/s1. The van der Waals surface area contributed by atoms with Gasteiger partial charge in [-0.15, -0.1) is 16.4 Å². The summed E-state index contributed by atoms with van der Waals surface area (Å²) in [6.07, 6.45) is -4.06. The first-order valence-electron chi connectivity index (χ1n) is 10.5. The van der Waals surface area contributed by atoms with Crippen LogP contribution in [0.4, 0.5) is 17.6 Å². The number of aryl methyl sites for hydroxylation is 1. The number of nitrogens with one attached hydrogen (secondary N) is 1. The zero-order chi connectivity index (χ0) is 24.3. The Morgan fingerprint density at radius 2 is 2.18 bits per heavy atom. The van der Waals surface area contributed by atoms with Gasteiger partial charge in [0.1, 0.15) is 10.9 Å². The minimum Gasteiger partial charge on any atom is -0.490 e. The Balaban J connectivity index is 1.68. The zero-order valence-corrected chi connectivity index (χ0v) is 18.8. The number of esters is 1. The van der Waals surface area contributed by atoms with Gasteiger partial charge in [-0.3, -0.25) is 10.1 Å². The van der Waals surface area contributed by atoms with Crippen LogP contribution in [0.5, 0.6) is 5.75 Å². The lowest BCUT2D eigenvalue weighted by atomic mass is 9.99. The Labute approximate surface area is 195 Å². The number of thiophene rings is 1. The minimum absolute atomic E-state index is 0.0118. The third-order valence-electron chi connectivity index (χ3n) is 5.24. The van der Waals surface area contributed by atoms with Gasteiger partial charge in [0.25, 0.3) is 0 Å². The lowest BCUT2D eigenvalue weighted by Gasteiger charge is -2.30. The number of alkyl halides is 3. The molecule has 1 N–H and O–H groups in total. The molecule has 8 nitrogen and oxygen atoms in total. The molecule has 1 aliphatic rings. The summed E-state index contributed by atoms with van der Waals surface area (Å²) in [7, 11) is 0. The van der Waals surface area contributed by atoms with E-state index in [1.165, 1.54) is 16.8 Å². The first-order chi connectivity index (χ1) is 16.3. The largest absolute Gasteiger partial charge is 0.490 e. The van der Waals surface area contributed by atoms with Gasteiger partial charge in [-0.05, 0) is 35.5 Å². The summed E-state index contributed by atoms with van der Waals surface area (Å²) in [6.45, 7) is 2.21. The van der Waals surface area contributed by atoms with Crippen molar-refractivity contribution >= 4 is 17.3 Å². The van der Waals surface area contributed by atoms with Crippen LogP contribution in [0.3, 0.4) is 0 Å². The van der Waals surface area contributed by atoms with Crippen LogP contribution >= 0.6 is 11.3 Å². The second-order valence-corrected chi connectivity index (χ2v) is 8.58. The number of tetrazole rings is 1. The van der Waals surface area contributed by atoms with Gasteiger partial charge in [-0.2, -0.15) is 13.2 Å². The molecule has 1 unspecified atom stereocenters. The second-order valence-electron chi connectivity index (χ2n) is 7.46. The van der Waals surface area contributed by atoms with E-state index < -0.39 is 34.9 Å². The minimum atomic E-state index is -4.50. The molecule has 0 spiro atoms. The molecule has 0 saturated heterocycles. The van der Waals surface area contributed by atoms with Gasteiger partial charge in [0.2, 0.25) is 0 Å². The fraction of sp³-hybridized carbons (Fsp3) is 0.429. The molecule has 0 bridgehead atoms. The molecule has 3 aromatic rings. The number of halogens is 4. The van der Waals surface area contributed by atoms with Crippen LogP contribution in [-0.2, 0) is 22.3 Å². The lowest BCUT2D eigenvalue weighted by Crippen LogP contribution is -2.33. The number of aromatic nitrogens is 4. The maximum Gasteiger partial charge on any atom is 0.425 e. The lowest BCUT2D eigenvalue weighted by molar-refractivity contribution is -0.143. The van der Waals surface area contributed by atoms with Crippen LogP contribution in [0.25, 0.3) is 0 Å². The SMILES string of the molecule is CCOC(=O)CCn1nnnc1C(N[C@@H]1CCOc2c(F)cccc21)c1ccc(C(F)(F)F)s1. The van der Waals surface area contributed by atoms with Crippen molar-refractivity contribution in [2.45, 2.75) is 44.6 Å². The smallest absolute Gasteiger partial charge is 0.425 e. The van der Waals surface area contributed by atoms with Crippen LogP contribution in [0.2, 0.25) is 0 Å². The van der Waals surface area contributed by atoms with E-state index in [2.05, 4.69) is 20.8 Å². The number of rotatable bonds is 8. The number of hydrogen-bond donors (Lipinski definition) is 1. The number of ether oxygens (including phenoxy) is 2. The molecular weight excluding hydrogens is 478 g/mol. The molecule has 3 heterocycles. The quantitative estimate of drug-likeness (QED) is 0.369. The maximum atomic E-state index is 14.3. The van der Waals surface area contributed by atoms with E-state index >= 15 is 0 Å². The Bertz CT molecular complexity index is 1150. The summed E-state index contributed by atoms with van der Waals surface area (Å²) in [4.78, 5) is 11.4. The highest BCUT2D eigenvalue weighted by atomic mass is 32.1. The summed E-state index contributed by atoms with van der Waals surface area (Å²) >= 11 is 0.567. The predicted molar refractivity (Wildman–Crippen MR) is 113 cm³/mol. The molecule has 0 amide bonds.